The lowest BCUT2D eigenvalue weighted by atomic mass is 9.86. The molecule has 5 aromatic rings. The van der Waals surface area contributed by atoms with Gasteiger partial charge >= 0.3 is 5.97 Å². The van der Waals surface area contributed by atoms with Crippen LogP contribution in [0.1, 0.15) is 53.1 Å². The molecule has 5 heterocycles. The summed E-state index contributed by atoms with van der Waals surface area (Å²) in [5.41, 5.74) is 0.181. The number of cyclic esters (lactones) is 1. The summed E-state index contributed by atoms with van der Waals surface area (Å²) >= 11 is 0. The van der Waals surface area contributed by atoms with Crippen molar-refractivity contribution >= 4 is 73.9 Å². The number of sulfonamides is 1. The second kappa shape index (κ2) is 27.0. The Balaban J connectivity index is 0.782. The second-order valence-corrected chi connectivity index (χ2v) is 21.1. The van der Waals surface area contributed by atoms with Crippen molar-refractivity contribution in [2.45, 2.75) is 69.3 Å². The fourth-order valence-electron chi connectivity index (χ4n) is 9.28. The summed E-state index contributed by atoms with van der Waals surface area (Å²) in [4.78, 5) is 120. The van der Waals surface area contributed by atoms with Crippen molar-refractivity contribution in [3.8, 4) is 11.4 Å². The summed E-state index contributed by atoms with van der Waals surface area (Å²) in [5, 5.41) is 24.2. The number of carbonyl (C=O) groups excluding carboxylic acids is 8. The zero-order valence-corrected chi connectivity index (χ0v) is 46.0. The van der Waals surface area contributed by atoms with Gasteiger partial charge < -0.3 is 55.2 Å². The fraction of sp³-hybridized carbons (Fsp3) is 0.357. The number of fused-ring (bicyclic) bond motifs is 5. The van der Waals surface area contributed by atoms with Gasteiger partial charge in [-0.3, -0.25) is 43.3 Å². The van der Waals surface area contributed by atoms with Gasteiger partial charge in [0.05, 0.1) is 99.7 Å². The van der Waals surface area contributed by atoms with E-state index in [9.17, 15) is 56.7 Å². The first-order valence-corrected chi connectivity index (χ1v) is 27.8. The summed E-state index contributed by atoms with van der Waals surface area (Å²) < 4.78 is 68.0. The third-order valence-corrected chi connectivity index (χ3v) is 15.2. The van der Waals surface area contributed by atoms with Crippen LogP contribution in [-0.2, 0) is 99.0 Å². The van der Waals surface area contributed by atoms with Gasteiger partial charge in [-0.15, -0.1) is 0 Å². The number of pyridine rings is 2. The number of aryl methyl sites for hydroxylation is 1. The maximum absolute atomic E-state index is 15.0. The minimum Gasteiger partial charge on any atom is -0.458 e. The molecular formula is C56H60FN9O16S. The normalized spacial score (nSPS) is 15.5. The second-order valence-electron chi connectivity index (χ2n) is 19.4. The molecule has 7 amide bonds. The Morgan fingerprint density at radius 2 is 1.45 bits per heavy atom. The van der Waals surface area contributed by atoms with Crippen LogP contribution in [0.2, 0.25) is 0 Å². The van der Waals surface area contributed by atoms with Crippen LogP contribution in [0.4, 0.5) is 10.1 Å². The van der Waals surface area contributed by atoms with E-state index in [1.165, 1.54) is 59.2 Å². The van der Waals surface area contributed by atoms with Crippen LogP contribution in [0.25, 0.3) is 22.3 Å². The molecule has 2 aromatic heterocycles. The molecule has 7 N–H and O–H groups in total. The molecule has 0 saturated heterocycles. The monoisotopic (exact) mass is 1170 g/mol. The minimum atomic E-state index is -4.28. The summed E-state index contributed by atoms with van der Waals surface area (Å²) in [6, 6.07) is 16.9. The van der Waals surface area contributed by atoms with Gasteiger partial charge in [-0.1, -0.05) is 37.3 Å². The van der Waals surface area contributed by atoms with Crippen molar-refractivity contribution in [1.29, 1.82) is 0 Å². The standard InChI is InChI=1S/C56H60FN9O16S/c1-3-56(76)41-25-45-52-39(31-66(45)54(74)40(41)32-82-55(56)75)38(37-23-33(2)42(57)26-43(37)64-52)27-61-83(77,78)36-11-9-35(10-12-36)62-48(69)30-60-53(73)44(24-34-7-5-4-6-8-34)63-49(70)29-59-47(68)28-58-46(67)15-17-79-19-21-81-22-20-80-18-16-65-50(71)13-14-51(65)72/h4-14,23,25-26,44,61,76H,3,15-22,24,27-32H2,1-2H3,(H,58,67)(H,59,68)(H,60,73)(H,62,69)(H,63,70)/t44-,56-/m0/s1. The van der Waals surface area contributed by atoms with Crippen LogP contribution in [0, 0.1) is 12.7 Å². The van der Waals surface area contributed by atoms with Crippen LogP contribution in [0.3, 0.4) is 0 Å². The summed E-state index contributed by atoms with van der Waals surface area (Å²) in [6.45, 7) is 2.05. The number of carbonyl (C=O) groups is 8. The molecular weight excluding hydrogens is 1110 g/mol. The molecule has 27 heteroatoms. The summed E-state index contributed by atoms with van der Waals surface area (Å²) in [5.74, 6) is -5.58. The largest absolute Gasteiger partial charge is 0.458 e. The highest BCUT2D eigenvalue weighted by Gasteiger charge is 2.45. The zero-order valence-electron chi connectivity index (χ0n) is 45.2. The number of esters is 1. The number of ether oxygens (including phenoxy) is 4. The molecule has 8 rings (SSSR count). The van der Waals surface area contributed by atoms with Gasteiger partial charge in [-0.2, -0.15) is 0 Å². The number of rotatable bonds is 28. The Hall–Kier alpha value is -8.60. The number of amides is 7. The van der Waals surface area contributed by atoms with Crippen LogP contribution >= 0.6 is 0 Å². The number of hydrogen-bond acceptors (Lipinski definition) is 17. The molecule has 25 nitrogen and oxygen atoms in total. The van der Waals surface area contributed by atoms with Gasteiger partial charge in [0.1, 0.15) is 18.5 Å². The number of imide groups is 1. The number of anilines is 1. The lowest BCUT2D eigenvalue weighted by Gasteiger charge is -2.31. The van der Waals surface area contributed by atoms with Gasteiger partial charge in [-0.05, 0) is 66.4 Å². The van der Waals surface area contributed by atoms with Crippen LogP contribution in [0.15, 0.2) is 94.6 Å². The first-order chi connectivity index (χ1) is 39.8. The predicted octanol–water partition coefficient (Wildman–Crippen LogP) is 0.385. The van der Waals surface area contributed by atoms with Crippen LogP contribution in [-0.4, -0.2) is 147 Å². The number of aliphatic hydroxyl groups is 1. The van der Waals surface area contributed by atoms with Gasteiger partial charge in [0.15, 0.2) is 5.60 Å². The van der Waals surface area contributed by atoms with Crippen molar-refractivity contribution < 1.29 is 75.2 Å². The Morgan fingerprint density at radius 3 is 2.14 bits per heavy atom. The van der Waals surface area contributed by atoms with E-state index in [1.54, 1.807) is 44.2 Å². The third kappa shape index (κ3) is 14.7. The van der Waals surface area contributed by atoms with E-state index >= 15 is 4.39 Å². The molecule has 0 radical (unpaired) electrons. The van der Waals surface area contributed by atoms with Crippen molar-refractivity contribution in [2.24, 2.45) is 0 Å². The Bertz CT molecular complexity index is 3540. The van der Waals surface area contributed by atoms with Crippen LogP contribution < -0.4 is 36.9 Å². The number of benzene rings is 3. The predicted molar refractivity (Wildman–Crippen MR) is 292 cm³/mol. The Morgan fingerprint density at radius 1 is 0.795 bits per heavy atom. The lowest BCUT2D eigenvalue weighted by Crippen LogP contribution is -2.52. The molecule has 0 fully saturated rings. The van der Waals surface area contributed by atoms with Crippen molar-refractivity contribution in [3.63, 3.8) is 0 Å². The highest BCUT2D eigenvalue weighted by Crippen LogP contribution is 2.40. The maximum Gasteiger partial charge on any atom is 0.343 e. The molecule has 3 aromatic carbocycles. The summed E-state index contributed by atoms with van der Waals surface area (Å²) in [7, 11) is -4.28. The quantitative estimate of drug-likeness (QED) is 0.0198. The topological polar surface area (TPSA) is 338 Å². The molecule has 0 bridgehead atoms. The summed E-state index contributed by atoms with van der Waals surface area (Å²) in [6.07, 6.45) is 2.26. The number of hydrogen-bond donors (Lipinski definition) is 7. The lowest BCUT2D eigenvalue weighted by molar-refractivity contribution is -0.172. The number of aromatic nitrogens is 2. The van der Waals surface area contributed by atoms with E-state index in [-0.39, 0.29) is 141 Å². The average molecular weight is 1170 g/mol. The molecule has 0 unspecified atom stereocenters. The fourth-order valence-corrected chi connectivity index (χ4v) is 10.3. The molecule has 3 aliphatic heterocycles. The molecule has 2 atom stereocenters. The highest BCUT2D eigenvalue weighted by molar-refractivity contribution is 7.89. The third-order valence-electron chi connectivity index (χ3n) is 13.8. The number of nitrogens with zero attached hydrogens (tertiary/aromatic N) is 3. The first kappa shape index (κ1) is 60.5. The van der Waals surface area contributed by atoms with Crippen LogP contribution in [0.5, 0.6) is 0 Å². The van der Waals surface area contributed by atoms with E-state index in [4.69, 9.17) is 23.9 Å². The minimum absolute atomic E-state index is 0.0125. The van der Waals surface area contributed by atoms with Gasteiger partial charge in [0.25, 0.3) is 17.4 Å². The van der Waals surface area contributed by atoms with Crippen molar-refractivity contribution in [1.82, 2.24) is 40.4 Å². The molecule has 0 saturated carbocycles. The highest BCUT2D eigenvalue weighted by atomic mass is 32.2. The van der Waals surface area contributed by atoms with E-state index in [1.807, 2.05) is 0 Å². The zero-order chi connectivity index (χ0) is 59.4. The van der Waals surface area contributed by atoms with E-state index < -0.39 is 88.2 Å². The smallest absolute Gasteiger partial charge is 0.343 e. The van der Waals surface area contributed by atoms with Gasteiger partial charge in [0.2, 0.25) is 39.6 Å². The van der Waals surface area contributed by atoms with Gasteiger partial charge in [0, 0.05) is 59.8 Å². The molecule has 0 aliphatic carbocycles. The molecule has 0 spiro atoms. The van der Waals surface area contributed by atoms with Crippen molar-refractivity contribution in [2.75, 3.05) is 71.1 Å². The molecule has 3 aliphatic rings. The Kier molecular flexibility index (Phi) is 19.7. The van der Waals surface area contributed by atoms with E-state index in [2.05, 4.69) is 31.3 Å². The van der Waals surface area contributed by atoms with E-state index in [0.717, 1.165) is 4.90 Å². The number of halogens is 1. The first-order valence-electron chi connectivity index (χ1n) is 26.4. The molecule has 83 heavy (non-hydrogen) atoms. The van der Waals surface area contributed by atoms with Gasteiger partial charge in [-0.25, -0.2) is 27.3 Å². The maximum atomic E-state index is 15.0. The average Bonchev–Trinajstić information content (AvgIpc) is 1.95. The SMILES string of the molecule is CC[C@@]1(O)C(=O)OCc2c1cc1n(c2=O)Cc2c-1nc1cc(F)c(C)cc1c2CNS(=O)(=O)c1ccc(NC(=O)CNC(=O)[C@H](Cc2ccccc2)NC(=O)CNC(=O)CNC(=O)CCOCCOCCOCCN2C(=O)C=CC2=O)cc1. The molecule has 438 valence electrons. The van der Waals surface area contributed by atoms with E-state index in [0.29, 0.717) is 22.1 Å². The Labute approximate surface area is 474 Å². The van der Waals surface area contributed by atoms with Crippen molar-refractivity contribution in [3.05, 3.63) is 135 Å². The number of nitrogens with one attached hydrogen (secondary N) is 6.